The van der Waals surface area contributed by atoms with Crippen LogP contribution in [-0.4, -0.2) is 9.97 Å². The van der Waals surface area contributed by atoms with Gasteiger partial charge in [0.05, 0.1) is 27.6 Å². The fraction of sp³-hybridized carbons (Fsp3) is 0.0909. The molecule has 0 amide bonds. The summed E-state index contributed by atoms with van der Waals surface area (Å²) in [5.74, 6) is 0. The van der Waals surface area contributed by atoms with E-state index >= 15 is 0 Å². The molecule has 2 rings (SSSR count). The number of aromatic nitrogens is 2. The second kappa shape index (κ2) is 4.58. The predicted molar refractivity (Wildman–Crippen MR) is 67.2 cm³/mol. The Labute approximate surface area is 108 Å². The number of halogens is 3. The van der Waals surface area contributed by atoms with E-state index in [1.165, 1.54) is 6.20 Å². The Morgan fingerprint density at radius 3 is 2.56 bits per heavy atom. The average molecular weight is 274 g/mol. The lowest BCUT2D eigenvalue weighted by atomic mass is 10.1. The second-order valence-electron chi connectivity index (χ2n) is 3.23. The second-order valence-corrected chi connectivity index (χ2v) is 4.40. The summed E-state index contributed by atoms with van der Waals surface area (Å²) in [6.45, 7) is 1.82. The first-order chi connectivity index (χ1) is 7.59. The first-order valence-corrected chi connectivity index (χ1v) is 5.66. The molecule has 1 aromatic heterocycles. The molecular weight excluding hydrogens is 266 g/mol. The van der Waals surface area contributed by atoms with Crippen molar-refractivity contribution in [2.75, 3.05) is 0 Å². The highest BCUT2D eigenvalue weighted by Gasteiger charge is 2.11. The molecule has 0 unspecified atom stereocenters. The topological polar surface area (TPSA) is 25.8 Å². The van der Waals surface area contributed by atoms with Crippen molar-refractivity contribution in [2.45, 2.75) is 6.92 Å². The van der Waals surface area contributed by atoms with Crippen molar-refractivity contribution in [1.29, 1.82) is 0 Å². The first kappa shape index (κ1) is 11.6. The minimum atomic E-state index is 0.361. The van der Waals surface area contributed by atoms with E-state index in [0.717, 1.165) is 11.3 Å². The van der Waals surface area contributed by atoms with E-state index < -0.39 is 0 Å². The SMILES string of the molecule is Cc1nc(Cl)cnc1-c1cccc(Cl)c1Cl. The highest BCUT2D eigenvalue weighted by atomic mass is 35.5. The van der Waals surface area contributed by atoms with Crippen LogP contribution in [0.5, 0.6) is 0 Å². The molecule has 5 heteroatoms. The fourth-order valence-corrected chi connectivity index (χ4v) is 1.97. The number of aryl methyl sites for hydroxylation is 1. The quantitative estimate of drug-likeness (QED) is 0.769. The molecule has 0 aliphatic rings. The van der Waals surface area contributed by atoms with Gasteiger partial charge in [-0.25, -0.2) is 4.98 Å². The zero-order valence-electron chi connectivity index (χ0n) is 8.34. The normalized spacial score (nSPS) is 10.5. The zero-order valence-corrected chi connectivity index (χ0v) is 10.6. The summed E-state index contributed by atoms with van der Waals surface area (Å²) in [6, 6.07) is 5.39. The Balaban J connectivity index is 2.63. The molecule has 0 fully saturated rings. The Hall–Kier alpha value is -0.830. The van der Waals surface area contributed by atoms with Crippen LogP contribution in [0.25, 0.3) is 11.3 Å². The Morgan fingerprint density at radius 1 is 1.12 bits per heavy atom. The van der Waals surface area contributed by atoms with Gasteiger partial charge in [0.2, 0.25) is 0 Å². The van der Waals surface area contributed by atoms with E-state index in [0.29, 0.717) is 20.9 Å². The van der Waals surface area contributed by atoms with Crippen LogP contribution >= 0.6 is 34.8 Å². The first-order valence-electron chi connectivity index (χ1n) is 4.53. The van der Waals surface area contributed by atoms with Crippen molar-refractivity contribution in [1.82, 2.24) is 9.97 Å². The molecule has 0 saturated heterocycles. The molecule has 1 aromatic carbocycles. The lowest BCUT2D eigenvalue weighted by molar-refractivity contribution is 1.12. The molecule has 2 nitrogen and oxygen atoms in total. The van der Waals surface area contributed by atoms with Gasteiger partial charge in [-0.05, 0) is 13.0 Å². The predicted octanol–water partition coefficient (Wildman–Crippen LogP) is 4.41. The molecule has 16 heavy (non-hydrogen) atoms. The van der Waals surface area contributed by atoms with Crippen molar-refractivity contribution in [2.24, 2.45) is 0 Å². The molecule has 0 spiro atoms. The van der Waals surface area contributed by atoms with E-state index in [4.69, 9.17) is 34.8 Å². The Bertz CT molecular complexity index is 541. The molecule has 0 aliphatic carbocycles. The summed E-state index contributed by atoms with van der Waals surface area (Å²) in [4.78, 5) is 8.33. The number of hydrogen-bond acceptors (Lipinski definition) is 2. The van der Waals surface area contributed by atoms with Gasteiger partial charge in [0, 0.05) is 5.56 Å². The van der Waals surface area contributed by atoms with Crippen LogP contribution in [0.2, 0.25) is 15.2 Å². The zero-order chi connectivity index (χ0) is 11.7. The van der Waals surface area contributed by atoms with E-state index in [1.54, 1.807) is 6.07 Å². The lowest BCUT2D eigenvalue weighted by Gasteiger charge is -2.07. The molecule has 0 atom stereocenters. The van der Waals surface area contributed by atoms with Crippen LogP contribution in [0.4, 0.5) is 0 Å². The van der Waals surface area contributed by atoms with Gasteiger partial charge in [-0.2, -0.15) is 0 Å². The highest BCUT2D eigenvalue weighted by Crippen LogP contribution is 2.33. The van der Waals surface area contributed by atoms with Gasteiger partial charge in [-0.15, -0.1) is 0 Å². The van der Waals surface area contributed by atoms with Crippen molar-refractivity contribution in [3.05, 3.63) is 45.3 Å². The van der Waals surface area contributed by atoms with Crippen LogP contribution in [-0.2, 0) is 0 Å². The smallest absolute Gasteiger partial charge is 0.147 e. The van der Waals surface area contributed by atoms with E-state index in [2.05, 4.69) is 9.97 Å². The minimum absolute atomic E-state index is 0.361. The van der Waals surface area contributed by atoms with Gasteiger partial charge in [-0.3, -0.25) is 4.98 Å². The Kier molecular flexibility index (Phi) is 3.33. The maximum Gasteiger partial charge on any atom is 0.147 e. The molecule has 1 heterocycles. The molecule has 0 saturated carbocycles. The molecule has 82 valence electrons. The summed E-state index contributed by atoms with van der Waals surface area (Å²) in [5.41, 5.74) is 2.17. The van der Waals surface area contributed by atoms with E-state index in [1.807, 2.05) is 19.1 Å². The number of hydrogen-bond donors (Lipinski definition) is 0. The summed E-state index contributed by atoms with van der Waals surface area (Å²) >= 11 is 17.8. The third-order valence-electron chi connectivity index (χ3n) is 2.12. The molecular formula is C11H7Cl3N2. The van der Waals surface area contributed by atoms with Crippen LogP contribution in [0.1, 0.15) is 5.69 Å². The highest BCUT2D eigenvalue weighted by molar-refractivity contribution is 6.43. The molecule has 2 aromatic rings. The average Bonchev–Trinajstić information content (AvgIpc) is 2.23. The third kappa shape index (κ3) is 2.14. The number of rotatable bonds is 1. The monoisotopic (exact) mass is 272 g/mol. The van der Waals surface area contributed by atoms with E-state index in [9.17, 15) is 0 Å². The van der Waals surface area contributed by atoms with Crippen LogP contribution in [0.15, 0.2) is 24.4 Å². The van der Waals surface area contributed by atoms with Crippen LogP contribution in [0, 0.1) is 6.92 Å². The van der Waals surface area contributed by atoms with E-state index in [-0.39, 0.29) is 0 Å². The van der Waals surface area contributed by atoms with Gasteiger partial charge >= 0.3 is 0 Å². The van der Waals surface area contributed by atoms with Crippen molar-refractivity contribution in [3.63, 3.8) is 0 Å². The summed E-state index contributed by atoms with van der Waals surface area (Å²) in [7, 11) is 0. The van der Waals surface area contributed by atoms with Crippen molar-refractivity contribution >= 4 is 34.8 Å². The summed E-state index contributed by atoms with van der Waals surface area (Å²) in [5, 5.41) is 1.33. The third-order valence-corrected chi connectivity index (χ3v) is 3.13. The molecule has 0 N–H and O–H groups in total. The van der Waals surface area contributed by atoms with Gasteiger partial charge in [0.15, 0.2) is 0 Å². The molecule has 0 bridgehead atoms. The lowest BCUT2D eigenvalue weighted by Crippen LogP contribution is -1.93. The number of benzene rings is 1. The van der Waals surface area contributed by atoms with Crippen LogP contribution in [0.3, 0.4) is 0 Å². The standard InChI is InChI=1S/C11H7Cl3N2/c1-6-11(15-5-9(13)16-6)7-3-2-4-8(12)10(7)14/h2-5H,1H3. The van der Waals surface area contributed by atoms with Crippen molar-refractivity contribution < 1.29 is 0 Å². The summed E-state index contributed by atoms with van der Waals surface area (Å²) < 4.78 is 0. The van der Waals surface area contributed by atoms with Crippen molar-refractivity contribution in [3.8, 4) is 11.3 Å². The van der Waals surface area contributed by atoms with Gasteiger partial charge < -0.3 is 0 Å². The molecule has 0 radical (unpaired) electrons. The van der Waals surface area contributed by atoms with Crippen LogP contribution < -0.4 is 0 Å². The molecule has 0 aliphatic heterocycles. The summed E-state index contributed by atoms with van der Waals surface area (Å²) in [6.07, 6.45) is 1.49. The van der Waals surface area contributed by atoms with Gasteiger partial charge in [0.1, 0.15) is 5.15 Å². The largest absolute Gasteiger partial charge is 0.251 e. The fourth-order valence-electron chi connectivity index (χ4n) is 1.40. The minimum Gasteiger partial charge on any atom is -0.251 e. The maximum absolute atomic E-state index is 6.11. The maximum atomic E-state index is 6.11. The Morgan fingerprint density at radius 2 is 1.88 bits per heavy atom. The van der Waals surface area contributed by atoms with Gasteiger partial charge in [0.25, 0.3) is 0 Å². The van der Waals surface area contributed by atoms with Gasteiger partial charge in [-0.1, -0.05) is 46.9 Å². The number of nitrogens with zero attached hydrogens (tertiary/aromatic N) is 2.